The van der Waals surface area contributed by atoms with Gasteiger partial charge in [0.15, 0.2) is 0 Å². The van der Waals surface area contributed by atoms with Crippen LogP contribution in [0.3, 0.4) is 0 Å². The van der Waals surface area contributed by atoms with E-state index in [4.69, 9.17) is 20.5 Å². The highest BCUT2D eigenvalue weighted by Gasteiger charge is 2.36. The molecule has 0 radical (unpaired) electrons. The predicted molar refractivity (Wildman–Crippen MR) is 107 cm³/mol. The van der Waals surface area contributed by atoms with Crippen LogP contribution in [-0.4, -0.2) is 37.9 Å². The summed E-state index contributed by atoms with van der Waals surface area (Å²) in [7, 11) is 0. The lowest BCUT2D eigenvalue weighted by Crippen LogP contribution is -2.28. The second-order valence-electron chi connectivity index (χ2n) is 6.94. The summed E-state index contributed by atoms with van der Waals surface area (Å²) < 4.78 is 51.3. The van der Waals surface area contributed by atoms with E-state index >= 15 is 0 Å². The number of carbonyl (C=O) groups excluding carboxylic acids is 1. The van der Waals surface area contributed by atoms with E-state index in [2.05, 4.69) is 5.32 Å². The SMILES string of the molecule is C[C@H]1O[C@H](COc2ccc(NC(=O)CN)cc2)CN1c1ccc(C#N)c(C(F)(F)F)c1. The Bertz CT molecular complexity index is 973. The Balaban J connectivity index is 1.63. The first-order valence-electron chi connectivity index (χ1n) is 9.47. The van der Waals surface area contributed by atoms with Crippen molar-refractivity contribution in [2.24, 2.45) is 5.73 Å². The Morgan fingerprint density at radius 3 is 2.65 bits per heavy atom. The third-order valence-electron chi connectivity index (χ3n) is 4.75. The normalized spacial score (nSPS) is 18.5. The van der Waals surface area contributed by atoms with Crippen LogP contribution >= 0.6 is 0 Å². The molecule has 1 fully saturated rings. The summed E-state index contributed by atoms with van der Waals surface area (Å²) in [6.07, 6.45) is -5.45. The lowest BCUT2D eigenvalue weighted by Gasteiger charge is -2.23. The first kappa shape index (κ1) is 22.4. The van der Waals surface area contributed by atoms with Crippen LogP contribution in [0.25, 0.3) is 0 Å². The number of hydrogen-bond acceptors (Lipinski definition) is 6. The number of anilines is 2. The second-order valence-corrected chi connectivity index (χ2v) is 6.94. The van der Waals surface area contributed by atoms with Gasteiger partial charge >= 0.3 is 6.18 Å². The molecule has 0 spiro atoms. The Labute approximate surface area is 177 Å². The van der Waals surface area contributed by atoms with Gasteiger partial charge in [-0.3, -0.25) is 4.79 Å². The molecular formula is C21H21F3N4O3. The highest BCUT2D eigenvalue weighted by Crippen LogP contribution is 2.36. The monoisotopic (exact) mass is 434 g/mol. The average molecular weight is 434 g/mol. The smallest absolute Gasteiger partial charge is 0.417 e. The van der Waals surface area contributed by atoms with Crippen molar-refractivity contribution >= 4 is 17.3 Å². The van der Waals surface area contributed by atoms with Gasteiger partial charge in [-0.25, -0.2) is 0 Å². The minimum absolute atomic E-state index is 0.115. The maximum absolute atomic E-state index is 13.3. The largest absolute Gasteiger partial charge is 0.491 e. The number of amides is 1. The van der Waals surface area contributed by atoms with E-state index in [0.717, 1.165) is 6.07 Å². The molecule has 164 valence electrons. The molecule has 1 aliphatic rings. The van der Waals surface area contributed by atoms with E-state index in [0.29, 0.717) is 23.7 Å². The highest BCUT2D eigenvalue weighted by molar-refractivity contribution is 5.92. The summed E-state index contributed by atoms with van der Waals surface area (Å²) in [6, 6.07) is 11.9. The van der Waals surface area contributed by atoms with Gasteiger partial charge in [-0.15, -0.1) is 0 Å². The van der Waals surface area contributed by atoms with Gasteiger partial charge in [-0.2, -0.15) is 18.4 Å². The number of ether oxygens (including phenoxy) is 2. The minimum Gasteiger partial charge on any atom is -0.491 e. The zero-order valence-electron chi connectivity index (χ0n) is 16.6. The van der Waals surface area contributed by atoms with Gasteiger partial charge in [0, 0.05) is 11.4 Å². The first-order valence-corrected chi connectivity index (χ1v) is 9.47. The van der Waals surface area contributed by atoms with Crippen molar-refractivity contribution < 1.29 is 27.4 Å². The lowest BCUT2D eigenvalue weighted by atomic mass is 10.1. The van der Waals surface area contributed by atoms with Crippen molar-refractivity contribution in [1.29, 1.82) is 5.26 Å². The van der Waals surface area contributed by atoms with Crippen LogP contribution < -0.4 is 20.7 Å². The fraction of sp³-hybridized carbons (Fsp3) is 0.333. The van der Waals surface area contributed by atoms with Crippen molar-refractivity contribution in [3.8, 4) is 11.8 Å². The van der Waals surface area contributed by atoms with Gasteiger partial charge < -0.3 is 25.4 Å². The van der Waals surface area contributed by atoms with Crippen LogP contribution in [-0.2, 0) is 15.7 Å². The van der Waals surface area contributed by atoms with Crippen LogP contribution in [0, 0.1) is 11.3 Å². The predicted octanol–water partition coefficient (Wildman–Crippen LogP) is 3.10. The van der Waals surface area contributed by atoms with Crippen molar-refractivity contribution in [2.75, 3.05) is 29.9 Å². The second kappa shape index (κ2) is 9.24. The van der Waals surface area contributed by atoms with Gasteiger partial charge in [-0.1, -0.05) is 0 Å². The summed E-state index contributed by atoms with van der Waals surface area (Å²) in [4.78, 5) is 13.0. The van der Waals surface area contributed by atoms with E-state index < -0.39 is 23.5 Å². The summed E-state index contributed by atoms with van der Waals surface area (Å²) in [5, 5.41) is 11.6. The van der Waals surface area contributed by atoms with Crippen molar-refractivity contribution in [1.82, 2.24) is 0 Å². The molecule has 3 N–H and O–H groups in total. The summed E-state index contributed by atoms with van der Waals surface area (Å²) in [5.41, 5.74) is 4.76. The van der Waals surface area contributed by atoms with Crippen LogP contribution in [0.4, 0.5) is 24.5 Å². The maximum atomic E-state index is 13.3. The van der Waals surface area contributed by atoms with E-state index in [1.807, 2.05) is 0 Å². The highest BCUT2D eigenvalue weighted by atomic mass is 19.4. The molecule has 7 nitrogen and oxygen atoms in total. The molecule has 10 heteroatoms. The summed E-state index contributed by atoms with van der Waals surface area (Å²) in [6.45, 7) is 2.14. The molecule has 0 aliphatic carbocycles. The number of rotatable bonds is 6. The van der Waals surface area contributed by atoms with Crippen LogP contribution in [0.15, 0.2) is 42.5 Å². The third-order valence-corrected chi connectivity index (χ3v) is 4.75. The van der Waals surface area contributed by atoms with Crippen molar-refractivity contribution in [3.63, 3.8) is 0 Å². The zero-order chi connectivity index (χ0) is 22.6. The molecular weight excluding hydrogens is 413 g/mol. The molecule has 1 saturated heterocycles. The van der Waals surface area contributed by atoms with Gasteiger partial charge in [0.1, 0.15) is 24.7 Å². The Hall–Kier alpha value is -3.29. The number of nitriles is 1. The zero-order valence-corrected chi connectivity index (χ0v) is 16.6. The quantitative estimate of drug-likeness (QED) is 0.725. The summed E-state index contributed by atoms with van der Waals surface area (Å²) >= 11 is 0. The maximum Gasteiger partial charge on any atom is 0.417 e. The number of nitrogens with two attached hydrogens (primary N) is 1. The third kappa shape index (κ3) is 5.45. The number of halogens is 3. The standard InChI is InChI=1S/C21H21F3N4O3/c1-13-28(16-5-2-14(9-25)19(8-16)21(22,23)24)11-18(31-13)12-30-17-6-3-15(4-7-17)27-20(29)10-26/h2-8,13,18H,10-12,26H2,1H3,(H,27,29)/t13-,18+/m1/s1. The number of nitrogens with one attached hydrogen (secondary N) is 1. The van der Waals surface area contributed by atoms with Gasteiger partial charge in [-0.05, 0) is 49.4 Å². The topological polar surface area (TPSA) is 101 Å². The summed E-state index contributed by atoms with van der Waals surface area (Å²) in [5.74, 6) is 0.247. The average Bonchev–Trinajstić information content (AvgIpc) is 3.12. The molecule has 0 bridgehead atoms. The van der Waals surface area contributed by atoms with Crippen molar-refractivity contribution in [3.05, 3.63) is 53.6 Å². The van der Waals surface area contributed by atoms with E-state index in [1.54, 1.807) is 42.2 Å². The lowest BCUT2D eigenvalue weighted by molar-refractivity contribution is -0.137. The molecule has 31 heavy (non-hydrogen) atoms. The van der Waals surface area contributed by atoms with Gasteiger partial charge in [0.25, 0.3) is 0 Å². The number of hydrogen-bond donors (Lipinski definition) is 2. The molecule has 1 heterocycles. The fourth-order valence-corrected chi connectivity index (χ4v) is 3.25. The van der Waals surface area contributed by atoms with Gasteiger partial charge in [0.2, 0.25) is 5.91 Å². The molecule has 2 atom stereocenters. The molecule has 0 aromatic heterocycles. The van der Waals surface area contributed by atoms with E-state index in [1.165, 1.54) is 12.1 Å². The Morgan fingerprint density at radius 2 is 2.03 bits per heavy atom. The Kier molecular flexibility index (Phi) is 6.68. The van der Waals surface area contributed by atoms with Crippen LogP contribution in [0.1, 0.15) is 18.1 Å². The molecule has 0 saturated carbocycles. The molecule has 0 unspecified atom stereocenters. The van der Waals surface area contributed by atoms with Crippen LogP contribution in [0.2, 0.25) is 0 Å². The Morgan fingerprint density at radius 1 is 1.32 bits per heavy atom. The van der Waals surface area contributed by atoms with E-state index in [-0.39, 0.29) is 25.2 Å². The van der Waals surface area contributed by atoms with E-state index in [9.17, 15) is 18.0 Å². The number of carbonyl (C=O) groups is 1. The molecule has 3 rings (SSSR count). The van der Waals surface area contributed by atoms with Gasteiger partial charge in [0.05, 0.1) is 30.3 Å². The number of nitrogens with zero attached hydrogens (tertiary/aromatic N) is 2. The van der Waals surface area contributed by atoms with Crippen molar-refractivity contribution in [2.45, 2.75) is 25.4 Å². The number of alkyl halides is 3. The number of benzene rings is 2. The first-order chi connectivity index (χ1) is 14.7. The minimum atomic E-state index is -4.62. The molecule has 2 aromatic rings. The molecule has 1 aliphatic heterocycles. The fourth-order valence-electron chi connectivity index (χ4n) is 3.25. The van der Waals surface area contributed by atoms with Crippen LogP contribution in [0.5, 0.6) is 5.75 Å². The molecule has 1 amide bonds. The molecule has 2 aromatic carbocycles.